The molecule has 2 aliphatic rings. The highest BCUT2D eigenvalue weighted by Crippen LogP contribution is 2.35. The van der Waals surface area contributed by atoms with Crippen molar-refractivity contribution in [2.75, 3.05) is 32.1 Å². The summed E-state index contributed by atoms with van der Waals surface area (Å²) in [6, 6.07) is 6.18. The first kappa shape index (κ1) is 22.1. The molecule has 31 heavy (non-hydrogen) atoms. The van der Waals surface area contributed by atoms with Crippen LogP contribution >= 0.6 is 0 Å². The van der Waals surface area contributed by atoms with Gasteiger partial charge in [0.2, 0.25) is 0 Å². The number of aryl methyl sites for hydroxylation is 1. The minimum Gasteiger partial charge on any atom is -0.352 e. The van der Waals surface area contributed by atoms with E-state index in [-0.39, 0.29) is 11.9 Å². The van der Waals surface area contributed by atoms with E-state index in [1.165, 1.54) is 16.4 Å². The maximum Gasteiger partial charge on any atom is 0.282 e. The third-order valence-electron chi connectivity index (χ3n) is 6.16. The Morgan fingerprint density at radius 3 is 2.55 bits per heavy atom. The van der Waals surface area contributed by atoms with Gasteiger partial charge in [-0.25, -0.2) is 14.4 Å². The van der Waals surface area contributed by atoms with E-state index in [0.717, 1.165) is 54.9 Å². The first-order valence-electron chi connectivity index (χ1n) is 10.8. The van der Waals surface area contributed by atoms with Crippen molar-refractivity contribution < 1.29 is 12.8 Å². The lowest BCUT2D eigenvalue weighted by Gasteiger charge is -2.37. The third kappa shape index (κ3) is 4.44. The fourth-order valence-electron chi connectivity index (χ4n) is 4.47. The third-order valence-corrected chi connectivity index (χ3v) is 8.11. The van der Waals surface area contributed by atoms with Crippen LogP contribution in [0.1, 0.15) is 54.4 Å². The molecule has 7 nitrogen and oxygen atoms in total. The summed E-state index contributed by atoms with van der Waals surface area (Å²) in [5.74, 6) is 1.21. The monoisotopic (exact) mass is 447 g/mol. The molecule has 0 bridgehead atoms. The standard InChI is InChI=1S/C22H30FN5O2S/c1-16-19-7-6-13-27(15-17-9-11-18(23)12-10-17)22(19)25-21(24-16)20-8-4-5-14-28(20)31(29,30)26(2)3/h9-12,20H,4-8,13-15H2,1-3H3/t20-/m0/s1. The zero-order chi connectivity index (χ0) is 22.2. The summed E-state index contributed by atoms with van der Waals surface area (Å²) in [5, 5.41) is 0. The van der Waals surface area contributed by atoms with Gasteiger partial charge in [0.05, 0.1) is 6.04 Å². The summed E-state index contributed by atoms with van der Waals surface area (Å²) in [6.45, 7) is 3.95. The summed E-state index contributed by atoms with van der Waals surface area (Å²) >= 11 is 0. The lowest BCUT2D eigenvalue weighted by molar-refractivity contribution is 0.234. The molecule has 1 fully saturated rings. The minimum atomic E-state index is -3.56. The number of fused-ring (bicyclic) bond motifs is 1. The van der Waals surface area contributed by atoms with E-state index >= 15 is 0 Å². The Morgan fingerprint density at radius 1 is 1.10 bits per heavy atom. The Labute approximate surface area is 184 Å². The number of piperidine rings is 1. The first-order chi connectivity index (χ1) is 14.8. The minimum absolute atomic E-state index is 0.247. The fraction of sp³-hybridized carbons (Fsp3) is 0.545. The van der Waals surface area contributed by atoms with Gasteiger partial charge in [-0.3, -0.25) is 0 Å². The van der Waals surface area contributed by atoms with E-state index in [2.05, 4.69) is 4.90 Å². The molecule has 3 heterocycles. The second kappa shape index (κ2) is 8.80. The van der Waals surface area contributed by atoms with Gasteiger partial charge in [0.25, 0.3) is 10.2 Å². The van der Waals surface area contributed by atoms with Crippen LogP contribution in [-0.2, 0) is 23.2 Å². The maximum atomic E-state index is 13.3. The van der Waals surface area contributed by atoms with Crippen LogP contribution in [0.15, 0.2) is 24.3 Å². The normalized spacial score (nSPS) is 20.2. The van der Waals surface area contributed by atoms with Crippen molar-refractivity contribution in [2.45, 2.75) is 51.6 Å². The Morgan fingerprint density at radius 2 is 1.84 bits per heavy atom. The quantitative estimate of drug-likeness (QED) is 0.704. The molecule has 1 saturated heterocycles. The van der Waals surface area contributed by atoms with Crippen molar-refractivity contribution in [2.24, 2.45) is 0 Å². The van der Waals surface area contributed by atoms with E-state index in [0.29, 0.717) is 25.3 Å². The zero-order valence-electron chi connectivity index (χ0n) is 18.4. The molecular formula is C22H30FN5O2S. The number of hydrogen-bond acceptors (Lipinski definition) is 5. The first-order valence-corrected chi connectivity index (χ1v) is 12.2. The smallest absolute Gasteiger partial charge is 0.282 e. The van der Waals surface area contributed by atoms with Crippen LogP contribution in [0, 0.1) is 12.7 Å². The average Bonchev–Trinajstić information content (AvgIpc) is 2.75. The van der Waals surface area contributed by atoms with E-state index in [1.54, 1.807) is 30.5 Å². The molecule has 0 spiro atoms. The van der Waals surface area contributed by atoms with Crippen LogP contribution in [0.5, 0.6) is 0 Å². The number of hydrogen-bond donors (Lipinski definition) is 0. The molecule has 0 N–H and O–H groups in total. The number of halogens is 1. The van der Waals surface area contributed by atoms with Crippen LogP contribution in [-0.4, -0.2) is 54.2 Å². The van der Waals surface area contributed by atoms with E-state index in [9.17, 15) is 12.8 Å². The molecule has 1 aromatic carbocycles. The van der Waals surface area contributed by atoms with E-state index < -0.39 is 10.2 Å². The van der Waals surface area contributed by atoms with E-state index in [1.807, 2.05) is 6.92 Å². The SMILES string of the molecule is Cc1nc([C@@H]2CCCCN2S(=O)(=O)N(C)C)nc2c1CCCN2Cc1ccc(F)cc1. The van der Waals surface area contributed by atoms with Gasteiger partial charge < -0.3 is 4.90 Å². The molecule has 1 aromatic heterocycles. The zero-order valence-corrected chi connectivity index (χ0v) is 19.2. The molecule has 1 atom stereocenters. The number of anilines is 1. The maximum absolute atomic E-state index is 13.3. The van der Waals surface area contributed by atoms with Crippen LogP contribution in [0.4, 0.5) is 10.2 Å². The highest BCUT2D eigenvalue weighted by Gasteiger charge is 2.37. The average molecular weight is 448 g/mol. The molecule has 0 saturated carbocycles. The lowest BCUT2D eigenvalue weighted by atomic mass is 10.0. The highest BCUT2D eigenvalue weighted by atomic mass is 32.2. The van der Waals surface area contributed by atoms with Crippen LogP contribution in [0.25, 0.3) is 0 Å². The fourth-order valence-corrected chi connectivity index (χ4v) is 5.77. The van der Waals surface area contributed by atoms with E-state index in [4.69, 9.17) is 9.97 Å². The molecule has 0 unspecified atom stereocenters. The van der Waals surface area contributed by atoms with Crippen LogP contribution in [0.3, 0.4) is 0 Å². The molecular weight excluding hydrogens is 417 g/mol. The van der Waals surface area contributed by atoms with Gasteiger partial charge in [0.1, 0.15) is 17.5 Å². The molecule has 0 aliphatic carbocycles. The van der Waals surface area contributed by atoms with Crippen LogP contribution in [0.2, 0.25) is 0 Å². The van der Waals surface area contributed by atoms with Crippen molar-refractivity contribution in [3.63, 3.8) is 0 Å². The Hall–Kier alpha value is -2.10. The predicted octanol–water partition coefficient (Wildman–Crippen LogP) is 3.21. The molecule has 4 rings (SSSR count). The van der Waals surface area contributed by atoms with Gasteiger partial charge in [-0.2, -0.15) is 17.0 Å². The number of aromatic nitrogens is 2. The second-order valence-corrected chi connectivity index (χ2v) is 10.6. The van der Waals surface area contributed by atoms with Crippen molar-refractivity contribution in [1.29, 1.82) is 0 Å². The Kier molecular flexibility index (Phi) is 6.27. The highest BCUT2D eigenvalue weighted by molar-refractivity contribution is 7.86. The molecule has 2 aliphatic heterocycles. The van der Waals surface area contributed by atoms with Crippen molar-refractivity contribution in [3.8, 4) is 0 Å². The summed E-state index contributed by atoms with van der Waals surface area (Å²) in [7, 11) is -0.440. The van der Waals surface area contributed by atoms with Gasteiger partial charge in [-0.15, -0.1) is 0 Å². The largest absolute Gasteiger partial charge is 0.352 e. The summed E-state index contributed by atoms with van der Waals surface area (Å²) in [6.07, 6.45) is 4.41. The van der Waals surface area contributed by atoms with Gasteiger partial charge >= 0.3 is 0 Å². The molecule has 2 aromatic rings. The molecule has 0 amide bonds. The molecule has 168 valence electrons. The predicted molar refractivity (Wildman–Crippen MR) is 118 cm³/mol. The number of rotatable bonds is 5. The number of benzene rings is 1. The van der Waals surface area contributed by atoms with Crippen LogP contribution < -0.4 is 4.90 Å². The Bertz CT molecular complexity index is 1040. The second-order valence-electron chi connectivity index (χ2n) is 8.53. The lowest BCUT2D eigenvalue weighted by Crippen LogP contribution is -2.45. The van der Waals surface area contributed by atoms with Crippen molar-refractivity contribution >= 4 is 16.0 Å². The van der Waals surface area contributed by atoms with Gasteiger partial charge in [-0.05, 0) is 50.3 Å². The van der Waals surface area contributed by atoms with Gasteiger partial charge in [0.15, 0.2) is 0 Å². The number of nitrogens with zero attached hydrogens (tertiary/aromatic N) is 5. The molecule has 0 radical (unpaired) electrons. The summed E-state index contributed by atoms with van der Waals surface area (Å²) < 4.78 is 42.0. The van der Waals surface area contributed by atoms with Crippen molar-refractivity contribution in [3.05, 3.63) is 52.7 Å². The summed E-state index contributed by atoms with van der Waals surface area (Å²) in [4.78, 5) is 11.9. The Balaban J connectivity index is 1.70. The van der Waals surface area contributed by atoms with Crippen molar-refractivity contribution in [1.82, 2.24) is 18.6 Å². The van der Waals surface area contributed by atoms with Gasteiger partial charge in [0, 0.05) is 45.0 Å². The van der Waals surface area contributed by atoms with Gasteiger partial charge in [-0.1, -0.05) is 18.6 Å². The topological polar surface area (TPSA) is 69.6 Å². The summed E-state index contributed by atoms with van der Waals surface area (Å²) in [5.41, 5.74) is 3.05. The molecule has 9 heteroatoms.